The van der Waals surface area contributed by atoms with Crippen LogP contribution in [0.2, 0.25) is 0 Å². The Morgan fingerprint density at radius 1 is 1.29 bits per heavy atom. The summed E-state index contributed by atoms with van der Waals surface area (Å²) in [6, 6.07) is 5.50. The van der Waals surface area contributed by atoms with Gasteiger partial charge in [-0.05, 0) is 49.1 Å². The summed E-state index contributed by atoms with van der Waals surface area (Å²) in [6.07, 6.45) is 6.75. The number of aryl methyl sites for hydroxylation is 1. The highest BCUT2D eigenvalue weighted by atomic mass is 16.4. The highest BCUT2D eigenvalue weighted by Gasteiger charge is 2.36. The van der Waals surface area contributed by atoms with Crippen LogP contribution >= 0.6 is 0 Å². The van der Waals surface area contributed by atoms with E-state index in [1.165, 1.54) is 0 Å². The number of hydrogen-bond donors (Lipinski definition) is 2. The topological polar surface area (TPSA) is 66.4 Å². The van der Waals surface area contributed by atoms with Crippen LogP contribution in [0.25, 0.3) is 6.08 Å². The summed E-state index contributed by atoms with van der Waals surface area (Å²) in [6.45, 7) is 3.93. The summed E-state index contributed by atoms with van der Waals surface area (Å²) in [5.41, 5.74) is 2.27. The molecule has 0 unspecified atom stereocenters. The van der Waals surface area contributed by atoms with Crippen molar-refractivity contribution < 1.29 is 14.7 Å². The van der Waals surface area contributed by atoms with E-state index in [1.807, 2.05) is 26.0 Å². The molecular weight excluding hydrogens is 266 g/mol. The third kappa shape index (κ3) is 3.72. The van der Waals surface area contributed by atoms with E-state index in [-0.39, 0.29) is 11.3 Å². The second kappa shape index (κ2) is 6.12. The van der Waals surface area contributed by atoms with Gasteiger partial charge in [0, 0.05) is 17.2 Å². The number of benzene rings is 1. The second-order valence-corrected chi connectivity index (χ2v) is 5.97. The standard InChI is InChI=1S/C17H21NO3/c1-12-11-13(6-8-15(19)20)5-7-14(12)18-16(21)17(2)9-3-4-10-17/h5-8,11H,3-4,9-10H2,1-2H3,(H,18,21)(H,19,20)/b8-6+. The molecule has 0 saturated heterocycles. The predicted octanol–water partition coefficient (Wildman–Crippen LogP) is 3.61. The molecule has 1 fully saturated rings. The number of hydrogen-bond acceptors (Lipinski definition) is 2. The molecule has 0 aromatic heterocycles. The first-order valence-electron chi connectivity index (χ1n) is 7.24. The lowest BCUT2D eigenvalue weighted by atomic mass is 9.87. The van der Waals surface area contributed by atoms with E-state index < -0.39 is 5.97 Å². The number of aliphatic carboxylic acids is 1. The molecule has 21 heavy (non-hydrogen) atoms. The van der Waals surface area contributed by atoms with E-state index in [4.69, 9.17) is 5.11 Å². The molecule has 1 aromatic carbocycles. The number of carbonyl (C=O) groups is 2. The number of carboxylic acid groups (broad SMARTS) is 1. The summed E-state index contributed by atoms with van der Waals surface area (Å²) in [5, 5.41) is 11.6. The molecule has 0 radical (unpaired) electrons. The van der Waals surface area contributed by atoms with E-state index in [2.05, 4.69) is 5.32 Å². The van der Waals surface area contributed by atoms with Gasteiger partial charge in [-0.15, -0.1) is 0 Å². The van der Waals surface area contributed by atoms with Crippen LogP contribution in [-0.2, 0) is 9.59 Å². The monoisotopic (exact) mass is 287 g/mol. The molecule has 1 aliphatic rings. The fraction of sp³-hybridized carbons (Fsp3) is 0.412. The zero-order chi connectivity index (χ0) is 15.5. The molecule has 112 valence electrons. The number of amides is 1. The minimum absolute atomic E-state index is 0.0805. The number of anilines is 1. The molecule has 0 heterocycles. The fourth-order valence-electron chi connectivity index (χ4n) is 2.75. The van der Waals surface area contributed by atoms with E-state index in [9.17, 15) is 9.59 Å². The maximum absolute atomic E-state index is 12.4. The predicted molar refractivity (Wildman–Crippen MR) is 83.1 cm³/mol. The van der Waals surface area contributed by atoms with E-state index in [1.54, 1.807) is 12.1 Å². The smallest absolute Gasteiger partial charge is 0.328 e. The molecule has 0 aliphatic heterocycles. The van der Waals surface area contributed by atoms with Crippen LogP contribution in [0.4, 0.5) is 5.69 Å². The summed E-state index contributed by atoms with van der Waals surface area (Å²) >= 11 is 0. The molecule has 0 bridgehead atoms. The van der Waals surface area contributed by atoms with Crippen molar-refractivity contribution in [1.29, 1.82) is 0 Å². The van der Waals surface area contributed by atoms with E-state index in [0.717, 1.165) is 48.6 Å². The number of nitrogens with one attached hydrogen (secondary N) is 1. The highest BCUT2D eigenvalue weighted by molar-refractivity contribution is 5.96. The van der Waals surface area contributed by atoms with E-state index in [0.29, 0.717) is 0 Å². The van der Waals surface area contributed by atoms with Crippen LogP contribution < -0.4 is 5.32 Å². The first kappa shape index (κ1) is 15.3. The molecule has 4 heteroatoms. The van der Waals surface area contributed by atoms with Crippen LogP contribution in [0.5, 0.6) is 0 Å². The van der Waals surface area contributed by atoms with Crippen LogP contribution in [0, 0.1) is 12.3 Å². The van der Waals surface area contributed by atoms with Gasteiger partial charge in [-0.1, -0.05) is 25.8 Å². The maximum atomic E-state index is 12.4. The van der Waals surface area contributed by atoms with Crippen LogP contribution in [0.1, 0.15) is 43.7 Å². The molecule has 1 aromatic rings. The van der Waals surface area contributed by atoms with Crippen LogP contribution in [-0.4, -0.2) is 17.0 Å². The van der Waals surface area contributed by atoms with Crippen molar-refractivity contribution in [2.45, 2.75) is 39.5 Å². The molecule has 1 aliphatic carbocycles. The molecule has 2 N–H and O–H groups in total. The van der Waals surface area contributed by atoms with Crippen molar-refractivity contribution in [3.8, 4) is 0 Å². The Bertz CT molecular complexity index is 584. The molecule has 0 spiro atoms. The van der Waals surface area contributed by atoms with Gasteiger partial charge >= 0.3 is 5.97 Å². The molecule has 4 nitrogen and oxygen atoms in total. The van der Waals surface area contributed by atoms with Crippen molar-refractivity contribution in [2.75, 3.05) is 5.32 Å². The van der Waals surface area contributed by atoms with Crippen LogP contribution in [0.3, 0.4) is 0 Å². The largest absolute Gasteiger partial charge is 0.478 e. The van der Waals surface area contributed by atoms with Crippen molar-refractivity contribution in [3.63, 3.8) is 0 Å². The number of carboxylic acids is 1. The normalized spacial score (nSPS) is 17.0. The van der Waals surface area contributed by atoms with Crippen molar-refractivity contribution in [1.82, 2.24) is 0 Å². The lowest BCUT2D eigenvalue weighted by Gasteiger charge is -2.23. The van der Waals surface area contributed by atoms with Gasteiger partial charge in [-0.3, -0.25) is 4.79 Å². The first-order chi connectivity index (χ1) is 9.90. The number of carbonyl (C=O) groups excluding carboxylic acids is 1. The van der Waals surface area contributed by atoms with Gasteiger partial charge in [0.1, 0.15) is 0 Å². The second-order valence-electron chi connectivity index (χ2n) is 5.97. The fourth-order valence-corrected chi connectivity index (χ4v) is 2.75. The van der Waals surface area contributed by atoms with E-state index >= 15 is 0 Å². The van der Waals surface area contributed by atoms with Crippen LogP contribution in [0.15, 0.2) is 24.3 Å². The highest BCUT2D eigenvalue weighted by Crippen LogP contribution is 2.38. The summed E-state index contributed by atoms with van der Waals surface area (Å²) in [7, 11) is 0. The lowest BCUT2D eigenvalue weighted by Crippen LogP contribution is -2.31. The minimum atomic E-state index is -0.973. The third-order valence-corrected chi connectivity index (χ3v) is 4.17. The molecule has 2 rings (SSSR count). The van der Waals surface area contributed by atoms with Gasteiger partial charge < -0.3 is 10.4 Å². The number of rotatable bonds is 4. The quantitative estimate of drug-likeness (QED) is 0.831. The Balaban J connectivity index is 2.11. The molecular formula is C17H21NO3. The van der Waals surface area contributed by atoms with Crippen molar-refractivity contribution >= 4 is 23.6 Å². The van der Waals surface area contributed by atoms with Gasteiger partial charge in [0.15, 0.2) is 0 Å². The van der Waals surface area contributed by atoms with Gasteiger partial charge in [-0.25, -0.2) is 4.79 Å². The Morgan fingerprint density at radius 2 is 1.95 bits per heavy atom. The molecule has 1 amide bonds. The Kier molecular flexibility index (Phi) is 4.46. The van der Waals surface area contributed by atoms with Gasteiger partial charge in [0.05, 0.1) is 0 Å². The zero-order valence-electron chi connectivity index (χ0n) is 12.5. The van der Waals surface area contributed by atoms with Crippen molar-refractivity contribution in [2.24, 2.45) is 5.41 Å². The SMILES string of the molecule is Cc1cc(/C=C/C(=O)O)ccc1NC(=O)C1(C)CCCC1. The van der Waals surface area contributed by atoms with Gasteiger partial charge in [0.25, 0.3) is 0 Å². The van der Waals surface area contributed by atoms with Gasteiger partial charge in [0.2, 0.25) is 5.91 Å². The average Bonchev–Trinajstić information content (AvgIpc) is 2.87. The third-order valence-electron chi connectivity index (χ3n) is 4.17. The average molecular weight is 287 g/mol. The summed E-state index contributed by atoms with van der Waals surface area (Å²) in [4.78, 5) is 22.9. The maximum Gasteiger partial charge on any atom is 0.328 e. The van der Waals surface area contributed by atoms with Gasteiger partial charge in [-0.2, -0.15) is 0 Å². The summed E-state index contributed by atoms with van der Waals surface area (Å²) in [5.74, 6) is -0.892. The Hall–Kier alpha value is -2.10. The van der Waals surface area contributed by atoms with Crippen molar-refractivity contribution in [3.05, 3.63) is 35.4 Å². The summed E-state index contributed by atoms with van der Waals surface area (Å²) < 4.78 is 0. The zero-order valence-corrected chi connectivity index (χ0v) is 12.5. The molecule has 1 saturated carbocycles. The Morgan fingerprint density at radius 3 is 2.52 bits per heavy atom. The molecule has 0 atom stereocenters. The lowest BCUT2D eigenvalue weighted by molar-refractivity contribution is -0.131. The Labute approximate surface area is 124 Å². The first-order valence-corrected chi connectivity index (χ1v) is 7.24. The minimum Gasteiger partial charge on any atom is -0.478 e.